The number of hydrogen-bond donors (Lipinski definition) is 2. The first-order valence-electron chi connectivity index (χ1n) is 5.81. The van der Waals surface area contributed by atoms with E-state index >= 15 is 0 Å². The maximum absolute atomic E-state index is 11.3. The number of fused-ring (bicyclic) bond motifs is 1. The van der Waals surface area contributed by atoms with Gasteiger partial charge in [-0.2, -0.15) is 4.99 Å². The first-order chi connectivity index (χ1) is 10.5. The van der Waals surface area contributed by atoms with E-state index in [1.165, 1.54) is 6.07 Å². The van der Waals surface area contributed by atoms with Gasteiger partial charge in [0.05, 0.1) is 10.5 Å². The van der Waals surface area contributed by atoms with Gasteiger partial charge in [0.1, 0.15) is 5.70 Å². The molecule has 0 spiro atoms. The first kappa shape index (κ1) is 14.4. The third-order valence-electron chi connectivity index (χ3n) is 2.73. The van der Waals surface area contributed by atoms with E-state index in [0.717, 1.165) is 0 Å². The summed E-state index contributed by atoms with van der Waals surface area (Å²) in [6.45, 7) is 3.35. The van der Waals surface area contributed by atoms with E-state index in [0.29, 0.717) is 20.9 Å². The largest absolute Gasteiger partial charge is 0.493 e. The van der Waals surface area contributed by atoms with Crippen molar-refractivity contribution in [1.82, 2.24) is 4.98 Å². The molecule has 8 nitrogen and oxygen atoms in total. The molecule has 3 rings (SSSR count). The summed E-state index contributed by atoms with van der Waals surface area (Å²) in [5.41, 5.74) is 0.454. The Morgan fingerprint density at radius 3 is 2.73 bits per heavy atom. The summed E-state index contributed by atoms with van der Waals surface area (Å²) >= 11 is 11.9. The van der Waals surface area contributed by atoms with E-state index in [2.05, 4.69) is 37.0 Å². The number of halogens is 2. The molecule has 0 fully saturated rings. The number of hydrogen-bond acceptors (Lipinski definition) is 6. The van der Waals surface area contributed by atoms with Crippen molar-refractivity contribution >= 4 is 51.7 Å². The number of carbonyl (C=O) groups excluding carboxylic acids is 1. The molecule has 0 aliphatic carbocycles. The summed E-state index contributed by atoms with van der Waals surface area (Å²) in [6.07, 6.45) is 0. The number of guanidine groups is 1. The molecule has 0 atom stereocenters. The highest BCUT2D eigenvalue weighted by molar-refractivity contribution is 6.38. The molecule has 110 valence electrons. The molecule has 0 radical (unpaired) electrons. The molecule has 2 heterocycles. The van der Waals surface area contributed by atoms with Gasteiger partial charge in [0, 0.05) is 10.4 Å². The Kier molecular flexibility index (Phi) is 3.47. The van der Waals surface area contributed by atoms with Crippen LogP contribution in [0.3, 0.4) is 0 Å². The highest BCUT2D eigenvalue weighted by Crippen LogP contribution is 2.40. The van der Waals surface area contributed by atoms with Crippen LogP contribution in [0.25, 0.3) is 10.9 Å². The molecule has 0 unspecified atom stereocenters. The van der Waals surface area contributed by atoms with Gasteiger partial charge in [0.2, 0.25) is 5.88 Å². The Morgan fingerprint density at radius 2 is 2.00 bits per heavy atom. The highest BCUT2D eigenvalue weighted by Gasteiger charge is 2.16. The van der Waals surface area contributed by atoms with Crippen molar-refractivity contribution in [3.63, 3.8) is 0 Å². The molecule has 22 heavy (non-hydrogen) atoms. The third-order valence-corrected chi connectivity index (χ3v) is 3.24. The van der Waals surface area contributed by atoms with E-state index in [1.807, 2.05) is 0 Å². The van der Waals surface area contributed by atoms with Gasteiger partial charge in [-0.25, -0.2) is 0 Å². The third kappa shape index (κ3) is 2.49. The molecule has 1 aromatic heterocycles. The number of azo groups is 2. The molecule has 0 saturated heterocycles. The molecule has 1 amide bonds. The Hall–Kier alpha value is -2.58. The minimum atomic E-state index is -0.654. The molecule has 10 heteroatoms. The zero-order valence-corrected chi connectivity index (χ0v) is 12.2. The van der Waals surface area contributed by atoms with E-state index in [9.17, 15) is 9.90 Å². The quantitative estimate of drug-likeness (QED) is 0.602. The normalized spacial score (nSPS) is 15.1. The fourth-order valence-corrected chi connectivity index (χ4v) is 2.30. The summed E-state index contributed by atoms with van der Waals surface area (Å²) in [7, 11) is 0. The molecular formula is C12H6Cl2N6O2. The lowest BCUT2D eigenvalue weighted by atomic mass is 10.2. The van der Waals surface area contributed by atoms with Gasteiger partial charge in [0.15, 0.2) is 5.69 Å². The molecule has 1 aromatic carbocycles. The van der Waals surface area contributed by atoms with Gasteiger partial charge < -0.3 is 10.1 Å². The predicted octanol–water partition coefficient (Wildman–Crippen LogP) is 4.13. The number of carbonyl (C=O) groups is 1. The van der Waals surface area contributed by atoms with Crippen LogP contribution in [0, 0.1) is 0 Å². The summed E-state index contributed by atoms with van der Waals surface area (Å²) < 4.78 is 0. The van der Waals surface area contributed by atoms with Crippen molar-refractivity contribution in [3.05, 3.63) is 34.5 Å². The number of amides is 1. The molecule has 2 aromatic rings. The van der Waals surface area contributed by atoms with Gasteiger partial charge in [0.25, 0.3) is 11.9 Å². The Labute approximate surface area is 132 Å². The summed E-state index contributed by atoms with van der Waals surface area (Å²) in [5.74, 6) is -1.16. The van der Waals surface area contributed by atoms with Crippen LogP contribution >= 0.6 is 23.2 Å². The number of nitrogens with zero attached hydrogens (tertiary/aromatic N) is 5. The number of aromatic amines is 1. The highest BCUT2D eigenvalue weighted by atomic mass is 35.5. The fraction of sp³-hybridized carbons (Fsp3) is 0. The zero-order chi connectivity index (χ0) is 15.9. The molecular weight excluding hydrogens is 331 g/mol. The molecule has 1 aliphatic rings. The molecule has 0 saturated carbocycles. The maximum atomic E-state index is 11.3. The summed E-state index contributed by atoms with van der Waals surface area (Å²) in [5, 5.41) is 25.6. The topological polar surface area (TPSA) is 115 Å². The fourth-order valence-electron chi connectivity index (χ4n) is 1.76. The van der Waals surface area contributed by atoms with Crippen LogP contribution in [0.1, 0.15) is 0 Å². The lowest BCUT2D eigenvalue weighted by molar-refractivity contribution is -0.114. The van der Waals surface area contributed by atoms with Crippen molar-refractivity contribution in [2.75, 3.05) is 0 Å². The van der Waals surface area contributed by atoms with Crippen LogP contribution in [0.4, 0.5) is 5.69 Å². The van der Waals surface area contributed by atoms with Gasteiger partial charge in [-0.1, -0.05) is 29.8 Å². The van der Waals surface area contributed by atoms with Crippen LogP contribution in [0.15, 0.2) is 49.9 Å². The van der Waals surface area contributed by atoms with Gasteiger partial charge in [-0.3, -0.25) is 4.79 Å². The standard InChI is InChI=1S/C12H6Cl2N6O2/c1-4-10(21)16-12(19-17-4)20-18-9-6-2-5(13)3-7(14)8(6)15-11(9)22/h2-3,15,22H,1H2. The Bertz CT molecular complexity index is 912. The lowest BCUT2D eigenvalue weighted by Gasteiger charge is -1.98. The van der Waals surface area contributed by atoms with Crippen molar-refractivity contribution in [2.24, 2.45) is 25.4 Å². The zero-order valence-electron chi connectivity index (χ0n) is 10.7. The minimum absolute atomic E-state index is 0.0903. The second-order valence-electron chi connectivity index (χ2n) is 4.20. The van der Waals surface area contributed by atoms with E-state index < -0.39 is 5.91 Å². The van der Waals surface area contributed by atoms with E-state index in [4.69, 9.17) is 23.2 Å². The van der Waals surface area contributed by atoms with Gasteiger partial charge >= 0.3 is 0 Å². The van der Waals surface area contributed by atoms with Crippen molar-refractivity contribution in [2.45, 2.75) is 0 Å². The number of H-pyrrole nitrogens is 1. The summed E-state index contributed by atoms with van der Waals surface area (Å²) in [6, 6.07) is 3.08. The average molecular weight is 337 g/mol. The van der Waals surface area contributed by atoms with E-state index in [-0.39, 0.29) is 23.2 Å². The van der Waals surface area contributed by atoms with Crippen LogP contribution in [0.2, 0.25) is 10.0 Å². The van der Waals surface area contributed by atoms with E-state index in [1.54, 1.807) is 6.07 Å². The van der Waals surface area contributed by atoms with Crippen molar-refractivity contribution in [3.8, 4) is 5.88 Å². The minimum Gasteiger partial charge on any atom is -0.493 e. The molecule has 1 aliphatic heterocycles. The number of nitrogens with one attached hydrogen (secondary N) is 1. The van der Waals surface area contributed by atoms with Crippen LogP contribution < -0.4 is 0 Å². The average Bonchev–Trinajstić information content (AvgIpc) is 2.77. The number of aliphatic imine (C=N–C) groups is 1. The monoisotopic (exact) mass is 336 g/mol. The first-order valence-corrected chi connectivity index (χ1v) is 6.56. The predicted molar refractivity (Wildman–Crippen MR) is 80.9 cm³/mol. The second-order valence-corrected chi connectivity index (χ2v) is 5.04. The van der Waals surface area contributed by atoms with Gasteiger partial charge in [-0.15, -0.1) is 20.5 Å². The Balaban J connectivity index is 2.05. The number of rotatable bonds is 1. The van der Waals surface area contributed by atoms with Crippen molar-refractivity contribution in [1.29, 1.82) is 0 Å². The maximum Gasteiger partial charge on any atom is 0.300 e. The smallest absolute Gasteiger partial charge is 0.300 e. The van der Waals surface area contributed by atoms with Crippen LogP contribution in [-0.4, -0.2) is 22.0 Å². The molecule has 2 N–H and O–H groups in total. The molecule has 0 bridgehead atoms. The van der Waals surface area contributed by atoms with Crippen LogP contribution in [-0.2, 0) is 4.79 Å². The van der Waals surface area contributed by atoms with Crippen molar-refractivity contribution < 1.29 is 9.90 Å². The number of aromatic hydroxyl groups is 1. The Morgan fingerprint density at radius 1 is 1.23 bits per heavy atom. The summed E-state index contributed by atoms with van der Waals surface area (Å²) in [4.78, 5) is 17.5. The number of benzene rings is 1. The van der Waals surface area contributed by atoms with Crippen LogP contribution in [0.5, 0.6) is 5.88 Å². The lowest BCUT2D eigenvalue weighted by Crippen LogP contribution is -2.04. The number of aromatic nitrogens is 1. The SMILES string of the molecule is C=C1N=NC(N=Nc2c(O)[nH]c3c(Cl)cc(Cl)cc23)=NC1=O. The van der Waals surface area contributed by atoms with Gasteiger partial charge in [-0.05, 0) is 12.1 Å². The second kappa shape index (κ2) is 5.32.